The fraction of sp³-hybridized carbons (Fsp3) is 0.364. The first-order valence-electron chi connectivity index (χ1n) is 4.79. The van der Waals surface area contributed by atoms with Gasteiger partial charge >= 0.3 is 0 Å². The summed E-state index contributed by atoms with van der Waals surface area (Å²) >= 11 is 5.80. The molecule has 0 spiro atoms. The highest BCUT2D eigenvalue weighted by atomic mass is 35.5. The molecular formula is C11H16Cl3N3. The molecule has 0 saturated carbocycles. The van der Waals surface area contributed by atoms with Crippen LogP contribution in [0.2, 0.25) is 5.02 Å². The van der Waals surface area contributed by atoms with Crippen LogP contribution in [0.25, 0.3) is 0 Å². The topological polar surface area (TPSA) is 64.9 Å². The number of halogens is 3. The number of rotatable bonds is 2. The van der Waals surface area contributed by atoms with Crippen molar-refractivity contribution < 1.29 is 0 Å². The summed E-state index contributed by atoms with van der Waals surface area (Å²) in [6.07, 6.45) is 3.21. The predicted molar refractivity (Wildman–Crippen MR) is 77.9 cm³/mol. The Labute approximate surface area is 119 Å². The Balaban J connectivity index is 0. The number of anilines is 1. The lowest BCUT2D eigenvalue weighted by Crippen LogP contribution is -2.17. The third kappa shape index (κ3) is 6.60. The summed E-state index contributed by atoms with van der Waals surface area (Å²) in [6, 6.07) is 1.84. The van der Waals surface area contributed by atoms with Gasteiger partial charge in [-0.15, -0.1) is 24.8 Å². The Kier molecular flexibility index (Phi) is 10.3. The van der Waals surface area contributed by atoms with Gasteiger partial charge in [-0.1, -0.05) is 30.4 Å². The van der Waals surface area contributed by atoms with Crippen molar-refractivity contribution in [1.82, 2.24) is 4.98 Å². The molecule has 4 N–H and O–H groups in total. The van der Waals surface area contributed by atoms with Gasteiger partial charge in [0.05, 0.1) is 5.02 Å². The molecule has 1 aromatic heterocycles. The molecule has 1 aromatic rings. The van der Waals surface area contributed by atoms with E-state index in [0.29, 0.717) is 17.3 Å². The fourth-order valence-corrected chi connectivity index (χ4v) is 1.11. The van der Waals surface area contributed by atoms with Crippen LogP contribution in [0.15, 0.2) is 12.3 Å². The van der Waals surface area contributed by atoms with Gasteiger partial charge in [0.2, 0.25) is 0 Å². The second-order valence-electron chi connectivity index (χ2n) is 3.27. The molecule has 1 rings (SSSR count). The molecule has 0 aliphatic carbocycles. The molecule has 17 heavy (non-hydrogen) atoms. The van der Waals surface area contributed by atoms with Gasteiger partial charge < -0.3 is 11.5 Å². The molecule has 0 aromatic carbocycles. The van der Waals surface area contributed by atoms with Crippen LogP contribution in [0.1, 0.15) is 25.3 Å². The van der Waals surface area contributed by atoms with E-state index in [1.54, 1.807) is 12.3 Å². The van der Waals surface area contributed by atoms with Crippen LogP contribution in [0.5, 0.6) is 0 Å². The Hall–Kier alpha value is -0.660. The van der Waals surface area contributed by atoms with Gasteiger partial charge in [-0.25, -0.2) is 4.98 Å². The Bertz CT molecular complexity index is 399. The molecule has 0 amide bonds. The zero-order valence-corrected chi connectivity index (χ0v) is 11.8. The standard InChI is InChI=1S/C11H14ClN3.2ClH/c1-2-9(13)5-3-4-8-6-10(12)11(14)15-7-8;;/h6-7,9H,2,5,13H2,1H3,(H2,14,15);2*1H/t9-;;/m1../s1. The van der Waals surface area contributed by atoms with Crippen LogP contribution in [-0.2, 0) is 0 Å². The molecule has 0 aliphatic heterocycles. The maximum Gasteiger partial charge on any atom is 0.142 e. The molecule has 1 atom stereocenters. The van der Waals surface area contributed by atoms with Crippen molar-refractivity contribution in [3.8, 4) is 11.8 Å². The van der Waals surface area contributed by atoms with E-state index in [4.69, 9.17) is 23.1 Å². The van der Waals surface area contributed by atoms with Gasteiger partial charge in [0.25, 0.3) is 0 Å². The zero-order chi connectivity index (χ0) is 11.3. The van der Waals surface area contributed by atoms with Gasteiger partial charge in [0.1, 0.15) is 5.82 Å². The van der Waals surface area contributed by atoms with Crippen molar-refractivity contribution in [1.29, 1.82) is 0 Å². The molecule has 6 heteroatoms. The van der Waals surface area contributed by atoms with Crippen LogP contribution >= 0.6 is 36.4 Å². The summed E-state index contributed by atoms with van der Waals surface area (Å²) in [5, 5.41) is 0.432. The highest BCUT2D eigenvalue weighted by Crippen LogP contribution is 2.15. The van der Waals surface area contributed by atoms with E-state index in [0.717, 1.165) is 12.0 Å². The lowest BCUT2D eigenvalue weighted by molar-refractivity contribution is 0.669. The average Bonchev–Trinajstić information content (AvgIpc) is 2.23. The third-order valence-electron chi connectivity index (χ3n) is 1.99. The molecule has 0 saturated heterocycles. The van der Waals surface area contributed by atoms with Crippen molar-refractivity contribution in [3.63, 3.8) is 0 Å². The van der Waals surface area contributed by atoms with Crippen LogP contribution in [0, 0.1) is 11.8 Å². The van der Waals surface area contributed by atoms with E-state index in [2.05, 4.69) is 16.8 Å². The highest BCUT2D eigenvalue weighted by molar-refractivity contribution is 6.32. The number of nitrogen functional groups attached to an aromatic ring is 1. The minimum atomic E-state index is 0. The van der Waals surface area contributed by atoms with Gasteiger partial charge in [-0.2, -0.15) is 0 Å². The minimum absolute atomic E-state index is 0. The summed E-state index contributed by atoms with van der Waals surface area (Å²) in [5.74, 6) is 6.26. The molecule has 0 radical (unpaired) electrons. The van der Waals surface area contributed by atoms with E-state index < -0.39 is 0 Å². The Morgan fingerprint density at radius 3 is 2.65 bits per heavy atom. The second kappa shape index (κ2) is 9.38. The number of nitrogens with two attached hydrogens (primary N) is 2. The van der Waals surface area contributed by atoms with E-state index in [1.165, 1.54) is 0 Å². The summed E-state index contributed by atoms with van der Waals surface area (Å²) in [6.45, 7) is 2.04. The number of nitrogens with zero attached hydrogens (tertiary/aromatic N) is 1. The van der Waals surface area contributed by atoms with Crippen LogP contribution < -0.4 is 11.5 Å². The van der Waals surface area contributed by atoms with Gasteiger partial charge in [-0.3, -0.25) is 0 Å². The fourth-order valence-electron chi connectivity index (χ4n) is 0.945. The lowest BCUT2D eigenvalue weighted by atomic mass is 10.1. The average molecular weight is 297 g/mol. The van der Waals surface area contributed by atoms with E-state index >= 15 is 0 Å². The minimum Gasteiger partial charge on any atom is -0.382 e. The number of hydrogen-bond acceptors (Lipinski definition) is 3. The number of pyridine rings is 1. The molecule has 3 nitrogen and oxygen atoms in total. The summed E-state index contributed by atoms with van der Waals surface area (Å²) in [7, 11) is 0. The Morgan fingerprint density at radius 2 is 2.12 bits per heavy atom. The van der Waals surface area contributed by atoms with Crippen LogP contribution in [-0.4, -0.2) is 11.0 Å². The first-order valence-corrected chi connectivity index (χ1v) is 5.16. The zero-order valence-electron chi connectivity index (χ0n) is 9.44. The molecule has 0 fully saturated rings. The molecule has 0 unspecified atom stereocenters. The largest absolute Gasteiger partial charge is 0.382 e. The molecular weight excluding hydrogens is 281 g/mol. The number of aromatic nitrogens is 1. The maximum atomic E-state index is 5.80. The Morgan fingerprint density at radius 1 is 1.47 bits per heavy atom. The van der Waals surface area contributed by atoms with Crippen molar-refractivity contribution in [2.75, 3.05) is 5.73 Å². The van der Waals surface area contributed by atoms with E-state index in [9.17, 15) is 0 Å². The quantitative estimate of drug-likeness (QED) is 0.825. The summed E-state index contributed by atoms with van der Waals surface area (Å²) < 4.78 is 0. The van der Waals surface area contributed by atoms with Crippen molar-refractivity contribution in [2.24, 2.45) is 5.73 Å². The SMILES string of the molecule is CC[C@@H](N)CC#Cc1cnc(N)c(Cl)c1.Cl.Cl. The lowest BCUT2D eigenvalue weighted by Gasteiger charge is -2.00. The van der Waals surface area contributed by atoms with Crippen molar-refractivity contribution >= 4 is 42.2 Å². The van der Waals surface area contributed by atoms with E-state index in [1.807, 2.05) is 6.92 Å². The van der Waals surface area contributed by atoms with Crippen molar-refractivity contribution in [2.45, 2.75) is 25.8 Å². The van der Waals surface area contributed by atoms with Gasteiger partial charge in [0.15, 0.2) is 0 Å². The van der Waals surface area contributed by atoms with Crippen molar-refractivity contribution in [3.05, 3.63) is 22.8 Å². The molecule has 0 aliphatic rings. The second-order valence-corrected chi connectivity index (χ2v) is 3.67. The number of hydrogen-bond donors (Lipinski definition) is 2. The normalized spacial score (nSPS) is 10.3. The van der Waals surface area contributed by atoms with Gasteiger partial charge in [0, 0.05) is 24.2 Å². The maximum absolute atomic E-state index is 5.80. The van der Waals surface area contributed by atoms with Crippen LogP contribution in [0.3, 0.4) is 0 Å². The van der Waals surface area contributed by atoms with E-state index in [-0.39, 0.29) is 30.9 Å². The van der Waals surface area contributed by atoms with Gasteiger partial charge in [-0.05, 0) is 12.5 Å². The third-order valence-corrected chi connectivity index (χ3v) is 2.29. The molecule has 96 valence electrons. The smallest absolute Gasteiger partial charge is 0.142 e. The molecule has 1 heterocycles. The highest BCUT2D eigenvalue weighted by Gasteiger charge is 1.97. The monoisotopic (exact) mass is 295 g/mol. The summed E-state index contributed by atoms with van der Waals surface area (Å²) in [5.41, 5.74) is 12.0. The van der Waals surface area contributed by atoms with Crippen LogP contribution in [0.4, 0.5) is 5.82 Å². The molecule has 0 bridgehead atoms. The first-order chi connectivity index (χ1) is 7.13. The first kappa shape index (κ1) is 18.7. The summed E-state index contributed by atoms with van der Waals surface area (Å²) in [4.78, 5) is 3.91. The predicted octanol–water partition coefficient (Wildman–Crippen LogP) is 2.64.